The summed E-state index contributed by atoms with van der Waals surface area (Å²) in [5, 5.41) is 15.4. The fourth-order valence-corrected chi connectivity index (χ4v) is 4.61. The first-order valence-electron chi connectivity index (χ1n) is 10.8. The Balaban J connectivity index is 1.75. The zero-order valence-electron chi connectivity index (χ0n) is 18.0. The highest BCUT2D eigenvalue weighted by molar-refractivity contribution is 5.92. The first-order valence-corrected chi connectivity index (χ1v) is 10.8. The molecule has 162 valence electrons. The van der Waals surface area contributed by atoms with Gasteiger partial charge in [0.05, 0.1) is 18.3 Å². The Hall–Kier alpha value is -3.22. The lowest BCUT2D eigenvalue weighted by molar-refractivity contribution is 0.100. The van der Waals surface area contributed by atoms with E-state index in [1.54, 1.807) is 4.68 Å². The van der Waals surface area contributed by atoms with Crippen LogP contribution < -0.4 is 5.43 Å². The van der Waals surface area contributed by atoms with Gasteiger partial charge in [0.15, 0.2) is 17.2 Å². The van der Waals surface area contributed by atoms with E-state index in [-0.39, 0.29) is 11.2 Å². The molecule has 0 atom stereocenters. The van der Waals surface area contributed by atoms with Gasteiger partial charge >= 0.3 is 0 Å². The predicted octanol–water partition coefficient (Wildman–Crippen LogP) is 3.98. The fourth-order valence-electron chi connectivity index (χ4n) is 4.61. The van der Waals surface area contributed by atoms with Crippen LogP contribution in [0, 0.1) is 0 Å². The van der Waals surface area contributed by atoms with Crippen molar-refractivity contribution in [2.24, 2.45) is 0 Å². The molecule has 1 aliphatic carbocycles. The van der Waals surface area contributed by atoms with Crippen LogP contribution in [0.5, 0.6) is 5.75 Å². The Labute approximate surface area is 181 Å². The van der Waals surface area contributed by atoms with E-state index in [1.165, 1.54) is 13.1 Å². The molecule has 3 aromatic rings. The van der Waals surface area contributed by atoms with Crippen LogP contribution in [-0.2, 0) is 18.5 Å². The number of Topliss-reactive ketones (excluding diaryl/α,β-unsaturated/α-hetero) is 1. The van der Waals surface area contributed by atoms with E-state index < -0.39 is 17.0 Å². The van der Waals surface area contributed by atoms with Crippen molar-refractivity contribution in [2.75, 3.05) is 0 Å². The highest BCUT2D eigenvalue weighted by Crippen LogP contribution is 2.40. The molecule has 0 radical (unpaired) electrons. The van der Waals surface area contributed by atoms with Crippen LogP contribution >= 0.6 is 0 Å². The van der Waals surface area contributed by atoms with Crippen molar-refractivity contribution >= 4 is 16.8 Å². The second-order valence-electron chi connectivity index (χ2n) is 8.39. The molecule has 3 aromatic heterocycles. The topological polar surface area (TPSA) is 90.0 Å². The molecule has 0 amide bonds. The van der Waals surface area contributed by atoms with Crippen LogP contribution in [0.4, 0.5) is 0 Å². The van der Waals surface area contributed by atoms with Gasteiger partial charge in [-0.1, -0.05) is 25.0 Å². The number of hydrogen-bond donors (Lipinski definition) is 1. The first kappa shape index (κ1) is 21.0. The molecule has 31 heavy (non-hydrogen) atoms. The molecule has 3 heterocycles. The molecule has 4 rings (SSSR count). The highest BCUT2D eigenvalue weighted by atomic mass is 16.3. The standard InChI is InChI=1S/C24H28N4O3/c1-3-4-5-8-19-10-9-18-11-14-28(23(18)25-19)24(12-6-7-13-24)16-27-15-20(30)22(31)21(26-27)17(2)29/h3-4,9-11,14-15,30H,5-8,12-13,16H2,1-2H3/b4-3+. The summed E-state index contributed by atoms with van der Waals surface area (Å²) in [7, 11) is 0. The second kappa shape index (κ2) is 8.49. The minimum atomic E-state index is -0.719. The third-order valence-corrected chi connectivity index (χ3v) is 6.18. The molecule has 1 saturated carbocycles. The number of nitrogens with zero attached hydrogens (tertiary/aromatic N) is 4. The van der Waals surface area contributed by atoms with Crippen LogP contribution in [0.15, 0.2) is 47.5 Å². The first-order chi connectivity index (χ1) is 14.9. The molecule has 7 nitrogen and oxygen atoms in total. The lowest BCUT2D eigenvalue weighted by Crippen LogP contribution is -2.36. The Morgan fingerprint density at radius 1 is 1.26 bits per heavy atom. The number of carbonyl (C=O) groups is 1. The molecule has 0 saturated heterocycles. The SMILES string of the molecule is C/C=C/CCc1ccc2ccn(C3(Cn4cc(O)c(=O)c(C(C)=O)n4)CCCC3)c2n1. The summed E-state index contributed by atoms with van der Waals surface area (Å²) in [5.74, 6) is -0.899. The minimum Gasteiger partial charge on any atom is -0.503 e. The Kier molecular flexibility index (Phi) is 5.76. The fraction of sp³-hybridized carbons (Fsp3) is 0.417. The van der Waals surface area contributed by atoms with Crippen molar-refractivity contribution < 1.29 is 9.90 Å². The van der Waals surface area contributed by atoms with Crippen molar-refractivity contribution in [2.45, 2.75) is 64.5 Å². The third kappa shape index (κ3) is 4.04. The van der Waals surface area contributed by atoms with Gasteiger partial charge in [0.1, 0.15) is 5.65 Å². The molecule has 1 fully saturated rings. The quantitative estimate of drug-likeness (QED) is 0.461. The van der Waals surface area contributed by atoms with Crippen LogP contribution in [0.25, 0.3) is 11.0 Å². The highest BCUT2D eigenvalue weighted by Gasteiger charge is 2.37. The maximum Gasteiger partial charge on any atom is 0.252 e. The zero-order chi connectivity index (χ0) is 22.0. The molecule has 7 heteroatoms. The van der Waals surface area contributed by atoms with Crippen LogP contribution in [0.1, 0.15) is 62.1 Å². The van der Waals surface area contributed by atoms with Gasteiger partial charge in [-0.25, -0.2) is 4.98 Å². The van der Waals surface area contributed by atoms with Crippen molar-refractivity contribution in [1.82, 2.24) is 19.3 Å². The number of carbonyl (C=O) groups excluding carboxylic acids is 1. The number of ketones is 1. The number of aryl methyl sites for hydroxylation is 1. The van der Waals surface area contributed by atoms with Crippen molar-refractivity contribution in [1.29, 1.82) is 0 Å². The monoisotopic (exact) mass is 420 g/mol. The number of aromatic nitrogens is 4. The van der Waals surface area contributed by atoms with Gasteiger partial charge in [-0.3, -0.25) is 14.3 Å². The number of allylic oxidation sites excluding steroid dienone is 2. The van der Waals surface area contributed by atoms with Gasteiger partial charge in [-0.2, -0.15) is 5.10 Å². The van der Waals surface area contributed by atoms with E-state index in [0.717, 1.165) is 55.3 Å². The molecule has 0 spiro atoms. The maximum absolute atomic E-state index is 12.1. The summed E-state index contributed by atoms with van der Waals surface area (Å²) < 4.78 is 3.78. The van der Waals surface area contributed by atoms with E-state index in [1.807, 2.05) is 6.92 Å². The Bertz CT molecular complexity index is 1200. The molecular formula is C24H28N4O3. The number of pyridine rings is 1. The van der Waals surface area contributed by atoms with Gasteiger partial charge in [0.25, 0.3) is 5.43 Å². The summed E-state index contributed by atoms with van der Waals surface area (Å²) >= 11 is 0. The average Bonchev–Trinajstić information content (AvgIpc) is 3.38. The number of rotatable bonds is 7. The van der Waals surface area contributed by atoms with E-state index in [9.17, 15) is 14.7 Å². The van der Waals surface area contributed by atoms with E-state index >= 15 is 0 Å². The lowest BCUT2D eigenvalue weighted by Gasteiger charge is -2.32. The molecule has 0 bridgehead atoms. The average molecular weight is 421 g/mol. The smallest absolute Gasteiger partial charge is 0.252 e. The predicted molar refractivity (Wildman–Crippen MR) is 119 cm³/mol. The maximum atomic E-state index is 12.1. The lowest BCUT2D eigenvalue weighted by atomic mass is 9.97. The van der Waals surface area contributed by atoms with Gasteiger partial charge < -0.3 is 9.67 Å². The van der Waals surface area contributed by atoms with Gasteiger partial charge in [0.2, 0.25) is 0 Å². The largest absolute Gasteiger partial charge is 0.503 e. The second-order valence-corrected chi connectivity index (χ2v) is 8.39. The van der Waals surface area contributed by atoms with Crippen LogP contribution in [0.2, 0.25) is 0 Å². The number of aromatic hydroxyl groups is 1. The Morgan fingerprint density at radius 2 is 2.03 bits per heavy atom. The number of hydrogen-bond acceptors (Lipinski definition) is 5. The summed E-state index contributed by atoms with van der Waals surface area (Å²) in [6.07, 6.45) is 13.5. The normalized spacial score (nSPS) is 15.8. The summed E-state index contributed by atoms with van der Waals surface area (Å²) in [5.41, 5.74) is 0.769. The molecule has 1 aliphatic rings. The van der Waals surface area contributed by atoms with E-state index in [0.29, 0.717) is 6.54 Å². The van der Waals surface area contributed by atoms with Gasteiger partial charge in [-0.05, 0) is 50.8 Å². The zero-order valence-corrected chi connectivity index (χ0v) is 18.0. The molecular weight excluding hydrogens is 392 g/mol. The van der Waals surface area contributed by atoms with Crippen molar-refractivity contribution in [3.8, 4) is 5.75 Å². The van der Waals surface area contributed by atoms with E-state index in [4.69, 9.17) is 4.98 Å². The third-order valence-electron chi connectivity index (χ3n) is 6.18. The summed E-state index contributed by atoms with van der Waals surface area (Å²) in [6.45, 7) is 3.76. The van der Waals surface area contributed by atoms with Gasteiger partial charge in [-0.15, -0.1) is 0 Å². The molecule has 0 aliphatic heterocycles. The molecule has 1 N–H and O–H groups in total. The summed E-state index contributed by atoms with van der Waals surface area (Å²) in [6, 6.07) is 6.27. The van der Waals surface area contributed by atoms with Crippen LogP contribution in [-0.4, -0.2) is 30.2 Å². The Morgan fingerprint density at radius 3 is 2.74 bits per heavy atom. The number of fused-ring (bicyclic) bond motifs is 1. The molecule has 0 aromatic carbocycles. The van der Waals surface area contributed by atoms with Gasteiger partial charge in [0, 0.05) is 24.2 Å². The van der Waals surface area contributed by atoms with Crippen LogP contribution in [0.3, 0.4) is 0 Å². The molecule has 0 unspecified atom stereocenters. The summed E-state index contributed by atoms with van der Waals surface area (Å²) in [4.78, 5) is 28.9. The minimum absolute atomic E-state index is 0.227. The van der Waals surface area contributed by atoms with Crippen molar-refractivity contribution in [3.05, 3.63) is 64.4 Å². The van der Waals surface area contributed by atoms with E-state index in [2.05, 4.69) is 46.2 Å². The van der Waals surface area contributed by atoms with Crippen molar-refractivity contribution in [3.63, 3.8) is 0 Å².